The van der Waals surface area contributed by atoms with Gasteiger partial charge in [-0.2, -0.15) is 4.31 Å². The molecule has 0 saturated carbocycles. The van der Waals surface area contributed by atoms with Crippen molar-refractivity contribution in [3.63, 3.8) is 0 Å². The zero-order valence-electron chi connectivity index (χ0n) is 15.9. The Hall–Kier alpha value is -2.42. The Balaban J connectivity index is 1.61. The van der Waals surface area contributed by atoms with Crippen molar-refractivity contribution in [2.45, 2.75) is 30.7 Å². The van der Waals surface area contributed by atoms with Crippen LogP contribution in [-0.2, 0) is 19.6 Å². The fourth-order valence-electron chi connectivity index (χ4n) is 3.22. The maximum atomic E-state index is 12.9. The summed E-state index contributed by atoms with van der Waals surface area (Å²) in [6.45, 7) is 2.33. The highest BCUT2D eigenvalue weighted by molar-refractivity contribution is 7.89. The Morgan fingerprint density at radius 3 is 2.55 bits per heavy atom. The topological polar surface area (TPSA) is 95.6 Å². The van der Waals surface area contributed by atoms with Gasteiger partial charge < -0.3 is 10.6 Å². The molecule has 1 aliphatic rings. The summed E-state index contributed by atoms with van der Waals surface area (Å²) < 4.78 is 27.3. The molecule has 1 aliphatic heterocycles. The smallest absolute Gasteiger partial charge is 0.313 e. The molecule has 7 nitrogen and oxygen atoms in total. The molecule has 2 N–H and O–H groups in total. The number of amides is 2. The van der Waals surface area contributed by atoms with Crippen molar-refractivity contribution in [3.05, 3.63) is 59.1 Å². The van der Waals surface area contributed by atoms with Gasteiger partial charge in [0.25, 0.3) is 0 Å². The number of carbonyl (C=O) groups is 2. The fraction of sp³-hybridized carbons (Fsp3) is 0.300. The number of carbonyl (C=O) groups excluding carboxylic acids is 2. The average Bonchev–Trinajstić information content (AvgIpc) is 3.16. The molecule has 154 valence electrons. The quantitative estimate of drug-likeness (QED) is 0.705. The monoisotopic (exact) mass is 435 g/mol. The lowest BCUT2D eigenvalue weighted by atomic mass is 10.2. The van der Waals surface area contributed by atoms with Crippen molar-refractivity contribution in [1.82, 2.24) is 9.62 Å². The van der Waals surface area contributed by atoms with Gasteiger partial charge in [-0.15, -0.1) is 0 Å². The van der Waals surface area contributed by atoms with Gasteiger partial charge in [-0.25, -0.2) is 8.42 Å². The summed E-state index contributed by atoms with van der Waals surface area (Å²) in [6, 6.07) is 12.7. The maximum Gasteiger partial charge on any atom is 0.313 e. The molecule has 1 fully saturated rings. The van der Waals surface area contributed by atoms with Gasteiger partial charge in [0.15, 0.2) is 0 Å². The number of hydrogen-bond donors (Lipinski definition) is 2. The van der Waals surface area contributed by atoms with Crippen LogP contribution in [0.5, 0.6) is 0 Å². The second-order valence-corrected chi connectivity index (χ2v) is 9.23. The Kier molecular flexibility index (Phi) is 6.56. The van der Waals surface area contributed by atoms with Crippen LogP contribution in [0, 0.1) is 6.92 Å². The minimum atomic E-state index is -3.66. The minimum Gasteiger partial charge on any atom is -0.346 e. The lowest BCUT2D eigenvalue weighted by Gasteiger charge is -2.24. The van der Waals surface area contributed by atoms with Crippen molar-refractivity contribution in [2.24, 2.45) is 0 Å². The first-order valence-corrected chi connectivity index (χ1v) is 11.0. The highest BCUT2D eigenvalue weighted by Gasteiger charge is 2.35. The third-order valence-corrected chi connectivity index (χ3v) is 6.94. The Labute approximate surface area is 175 Å². The van der Waals surface area contributed by atoms with Crippen LogP contribution in [0.25, 0.3) is 0 Å². The van der Waals surface area contributed by atoms with Crippen LogP contribution in [0.4, 0.5) is 5.69 Å². The Morgan fingerprint density at radius 2 is 1.86 bits per heavy atom. The molecule has 2 aromatic rings. The van der Waals surface area contributed by atoms with E-state index in [0.717, 1.165) is 5.56 Å². The average molecular weight is 436 g/mol. The number of nitrogens with zero attached hydrogens (tertiary/aromatic N) is 1. The first-order chi connectivity index (χ1) is 13.8. The van der Waals surface area contributed by atoms with Gasteiger partial charge in [-0.1, -0.05) is 35.4 Å². The van der Waals surface area contributed by atoms with Crippen molar-refractivity contribution in [2.75, 3.05) is 18.4 Å². The zero-order chi connectivity index (χ0) is 21.0. The fourth-order valence-corrected chi connectivity index (χ4v) is 5.10. The zero-order valence-corrected chi connectivity index (χ0v) is 17.5. The third-order valence-electron chi connectivity index (χ3n) is 4.74. The molecular weight excluding hydrogens is 414 g/mol. The minimum absolute atomic E-state index is 0.0624. The van der Waals surface area contributed by atoms with Crippen molar-refractivity contribution >= 4 is 39.1 Å². The van der Waals surface area contributed by atoms with E-state index in [9.17, 15) is 18.0 Å². The molecule has 29 heavy (non-hydrogen) atoms. The molecule has 0 aliphatic carbocycles. The van der Waals surface area contributed by atoms with E-state index in [1.807, 2.05) is 6.92 Å². The highest BCUT2D eigenvalue weighted by atomic mass is 35.5. The van der Waals surface area contributed by atoms with E-state index in [4.69, 9.17) is 11.6 Å². The van der Waals surface area contributed by atoms with E-state index in [-0.39, 0.29) is 11.4 Å². The van der Waals surface area contributed by atoms with Gasteiger partial charge in [0, 0.05) is 29.8 Å². The summed E-state index contributed by atoms with van der Waals surface area (Å²) in [6.07, 6.45) is 1.31. The van der Waals surface area contributed by atoms with E-state index in [2.05, 4.69) is 10.6 Å². The van der Waals surface area contributed by atoms with Gasteiger partial charge in [-0.3, -0.25) is 9.59 Å². The largest absolute Gasteiger partial charge is 0.346 e. The molecule has 1 heterocycles. The number of benzene rings is 2. The normalized spacial score (nSPS) is 17.1. The molecular formula is C20H22ClN3O4S. The Bertz CT molecular complexity index is 1010. The number of nitrogens with one attached hydrogen (secondary N) is 2. The third kappa shape index (κ3) is 5.14. The predicted octanol–water partition coefficient (Wildman–Crippen LogP) is 2.56. The number of halogens is 1. The van der Waals surface area contributed by atoms with E-state index in [0.29, 0.717) is 30.1 Å². The molecule has 1 atom stereocenters. The molecule has 9 heteroatoms. The number of rotatable bonds is 5. The van der Waals surface area contributed by atoms with E-state index in [1.54, 1.807) is 42.5 Å². The van der Waals surface area contributed by atoms with E-state index < -0.39 is 27.9 Å². The van der Waals surface area contributed by atoms with Gasteiger partial charge in [0.05, 0.1) is 4.90 Å². The number of hydrogen-bond acceptors (Lipinski definition) is 4. The molecule has 0 unspecified atom stereocenters. The van der Waals surface area contributed by atoms with Gasteiger partial charge in [0.1, 0.15) is 0 Å². The van der Waals surface area contributed by atoms with E-state index >= 15 is 0 Å². The summed E-state index contributed by atoms with van der Waals surface area (Å²) in [5, 5.41) is 5.43. The summed E-state index contributed by atoms with van der Waals surface area (Å²) in [4.78, 5) is 24.4. The van der Waals surface area contributed by atoms with E-state index in [1.165, 1.54) is 10.4 Å². The number of sulfonamides is 1. The highest BCUT2D eigenvalue weighted by Crippen LogP contribution is 2.26. The van der Waals surface area contributed by atoms with Crippen LogP contribution in [0.15, 0.2) is 53.4 Å². The molecule has 1 saturated heterocycles. The molecule has 3 rings (SSSR count). The van der Waals surface area contributed by atoms with Crippen LogP contribution in [-0.4, -0.2) is 43.7 Å². The van der Waals surface area contributed by atoms with Crippen LogP contribution in [0.2, 0.25) is 5.02 Å². The van der Waals surface area contributed by atoms with Crippen molar-refractivity contribution in [3.8, 4) is 0 Å². The Morgan fingerprint density at radius 1 is 1.14 bits per heavy atom. The SMILES string of the molecule is Cc1ccc(S(=O)(=O)N2CCC[C@H]2CNC(=O)C(=O)Nc2cccc(Cl)c2)cc1. The molecule has 0 radical (unpaired) electrons. The number of aryl methyl sites for hydroxylation is 1. The van der Waals surface area contributed by atoms with Gasteiger partial charge in [-0.05, 0) is 50.1 Å². The van der Waals surface area contributed by atoms with Crippen LogP contribution in [0.1, 0.15) is 18.4 Å². The maximum absolute atomic E-state index is 12.9. The standard InChI is InChI=1S/C20H22ClN3O4S/c1-14-7-9-18(10-8-14)29(27,28)24-11-3-6-17(24)13-22-19(25)20(26)23-16-5-2-4-15(21)12-16/h2,4-5,7-10,12,17H,3,6,11,13H2,1H3,(H,22,25)(H,23,26)/t17-/m0/s1. The first kappa shape index (κ1) is 21.3. The second-order valence-electron chi connectivity index (χ2n) is 6.90. The van der Waals surface area contributed by atoms with Gasteiger partial charge >= 0.3 is 11.8 Å². The number of anilines is 1. The summed E-state index contributed by atoms with van der Waals surface area (Å²) in [7, 11) is -3.66. The molecule has 0 bridgehead atoms. The molecule has 2 amide bonds. The van der Waals surface area contributed by atoms with Gasteiger partial charge in [0.2, 0.25) is 10.0 Å². The summed E-state index contributed by atoms with van der Waals surface area (Å²) in [5.41, 5.74) is 1.38. The van der Waals surface area contributed by atoms with Crippen LogP contribution >= 0.6 is 11.6 Å². The molecule has 0 spiro atoms. The van der Waals surface area contributed by atoms with Crippen LogP contribution in [0.3, 0.4) is 0 Å². The lowest BCUT2D eigenvalue weighted by Crippen LogP contribution is -2.45. The van der Waals surface area contributed by atoms with Crippen molar-refractivity contribution in [1.29, 1.82) is 0 Å². The second kappa shape index (κ2) is 8.94. The van der Waals surface area contributed by atoms with Crippen molar-refractivity contribution < 1.29 is 18.0 Å². The molecule has 2 aromatic carbocycles. The summed E-state index contributed by atoms with van der Waals surface area (Å²) in [5.74, 6) is -1.66. The van der Waals surface area contributed by atoms with Crippen LogP contribution < -0.4 is 10.6 Å². The lowest BCUT2D eigenvalue weighted by molar-refractivity contribution is -0.136. The summed E-state index contributed by atoms with van der Waals surface area (Å²) >= 11 is 5.86. The first-order valence-electron chi connectivity index (χ1n) is 9.20. The molecule has 0 aromatic heterocycles. The predicted molar refractivity (Wildman–Crippen MR) is 111 cm³/mol.